The van der Waals surface area contributed by atoms with Crippen molar-refractivity contribution in [2.24, 2.45) is 0 Å². The van der Waals surface area contributed by atoms with Gasteiger partial charge in [0.2, 0.25) is 17.7 Å². The summed E-state index contributed by atoms with van der Waals surface area (Å²) in [6, 6.07) is 9.85. The zero-order valence-corrected chi connectivity index (χ0v) is 14.1. The molecule has 24 heavy (non-hydrogen) atoms. The van der Waals surface area contributed by atoms with E-state index < -0.39 is 0 Å². The van der Waals surface area contributed by atoms with Gasteiger partial charge >= 0.3 is 0 Å². The number of thiazole rings is 1. The molecule has 1 N–H and O–H groups in total. The minimum atomic E-state index is -0.254. The summed E-state index contributed by atoms with van der Waals surface area (Å²) < 4.78 is 0. The molecule has 0 aliphatic carbocycles. The molecule has 1 aromatic carbocycles. The molecule has 3 rings (SSSR count). The summed E-state index contributed by atoms with van der Waals surface area (Å²) in [7, 11) is 0. The Morgan fingerprint density at radius 2 is 1.88 bits per heavy atom. The molecule has 0 spiro atoms. The van der Waals surface area contributed by atoms with Crippen LogP contribution in [-0.2, 0) is 14.4 Å². The van der Waals surface area contributed by atoms with E-state index in [1.54, 1.807) is 0 Å². The number of hydrogen-bond acceptors (Lipinski definition) is 5. The van der Waals surface area contributed by atoms with Crippen LogP contribution in [0.4, 0.5) is 5.13 Å². The molecule has 0 unspecified atom stereocenters. The molecule has 2 heterocycles. The average Bonchev–Trinajstić information content (AvgIpc) is 3.09. The van der Waals surface area contributed by atoms with Crippen molar-refractivity contribution in [2.45, 2.75) is 26.2 Å². The standard InChI is InChI=1S/C17H17N3O3S/c1-11-16(12-5-3-2-4-6-12)24-17(18-11)19-13(21)9-10-20-14(22)7-8-15(20)23/h2-6H,7-10H2,1H3,(H,18,19,21). The van der Waals surface area contributed by atoms with Crippen molar-refractivity contribution in [2.75, 3.05) is 11.9 Å². The Balaban J connectivity index is 1.61. The Labute approximate surface area is 143 Å². The quantitative estimate of drug-likeness (QED) is 0.846. The summed E-state index contributed by atoms with van der Waals surface area (Å²) in [5, 5.41) is 3.27. The van der Waals surface area contributed by atoms with E-state index in [9.17, 15) is 14.4 Å². The number of nitrogens with zero attached hydrogens (tertiary/aromatic N) is 2. The zero-order chi connectivity index (χ0) is 17.1. The summed E-state index contributed by atoms with van der Waals surface area (Å²) >= 11 is 1.41. The second-order valence-electron chi connectivity index (χ2n) is 5.54. The number of likely N-dealkylation sites (tertiary alicyclic amines) is 1. The van der Waals surface area contributed by atoms with Crippen LogP contribution in [0.15, 0.2) is 30.3 Å². The minimum absolute atomic E-state index is 0.0801. The van der Waals surface area contributed by atoms with Gasteiger partial charge in [0.25, 0.3) is 0 Å². The maximum atomic E-state index is 12.0. The van der Waals surface area contributed by atoms with Crippen LogP contribution >= 0.6 is 11.3 Å². The minimum Gasteiger partial charge on any atom is -0.302 e. The van der Waals surface area contributed by atoms with Gasteiger partial charge in [0, 0.05) is 25.8 Å². The van der Waals surface area contributed by atoms with Gasteiger partial charge < -0.3 is 5.32 Å². The highest BCUT2D eigenvalue weighted by Crippen LogP contribution is 2.32. The molecular weight excluding hydrogens is 326 g/mol. The van der Waals surface area contributed by atoms with E-state index >= 15 is 0 Å². The van der Waals surface area contributed by atoms with E-state index in [0.717, 1.165) is 21.0 Å². The molecule has 3 amide bonds. The monoisotopic (exact) mass is 343 g/mol. The highest BCUT2D eigenvalue weighted by Gasteiger charge is 2.28. The molecule has 1 aliphatic heterocycles. The fraction of sp³-hybridized carbons (Fsp3) is 0.294. The maximum absolute atomic E-state index is 12.0. The third-order valence-corrected chi connectivity index (χ3v) is 4.92. The average molecular weight is 343 g/mol. The number of amides is 3. The van der Waals surface area contributed by atoms with Crippen LogP contribution in [0.2, 0.25) is 0 Å². The first-order valence-electron chi connectivity index (χ1n) is 7.70. The number of nitrogens with one attached hydrogen (secondary N) is 1. The number of rotatable bonds is 5. The van der Waals surface area contributed by atoms with Crippen molar-refractivity contribution in [3.8, 4) is 10.4 Å². The van der Waals surface area contributed by atoms with Gasteiger partial charge in [0.15, 0.2) is 5.13 Å². The maximum Gasteiger partial charge on any atom is 0.229 e. The number of carbonyl (C=O) groups excluding carboxylic acids is 3. The number of hydrogen-bond donors (Lipinski definition) is 1. The van der Waals surface area contributed by atoms with Gasteiger partial charge in [-0.2, -0.15) is 0 Å². The van der Waals surface area contributed by atoms with Gasteiger partial charge in [0.05, 0.1) is 10.6 Å². The highest BCUT2D eigenvalue weighted by molar-refractivity contribution is 7.19. The summed E-state index contributed by atoms with van der Waals surface area (Å²) in [5.74, 6) is -0.663. The van der Waals surface area contributed by atoms with Gasteiger partial charge in [-0.25, -0.2) is 4.98 Å². The molecule has 2 aromatic rings. The summed E-state index contributed by atoms with van der Waals surface area (Å²) in [6.07, 6.45) is 0.565. The van der Waals surface area contributed by atoms with E-state index in [-0.39, 0.29) is 43.5 Å². The lowest BCUT2D eigenvalue weighted by molar-refractivity contribution is -0.138. The summed E-state index contributed by atoms with van der Waals surface area (Å²) in [4.78, 5) is 41.6. The molecule has 1 aliphatic rings. The van der Waals surface area contributed by atoms with Gasteiger partial charge in [-0.1, -0.05) is 41.7 Å². The van der Waals surface area contributed by atoms with Crippen molar-refractivity contribution in [3.05, 3.63) is 36.0 Å². The van der Waals surface area contributed by atoms with Crippen molar-refractivity contribution in [3.63, 3.8) is 0 Å². The first kappa shape index (κ1) is 16.3. The van der Waals surface area contributed by atoms with Gasteiger partial charge in [0.1, 0.15) is 0 Å². The molecule has 0 atom stereocenters. The lowest BCUT2D eigenvalue weighted by atomic mass is 10.2. The fourth-order valence-corrected chi connectivity index (χ4v) is 3.56. The van der Waals surface area contributed by atoms with Gasteiger partial charge in [-0.05, 0) is 12.5 Å². The van der Waals surface area contributed by atoms with Crippen LogP contribution in [0.3, 0.4) is 0 Å². The Bertz CT molecular complexity index is 770. The summed E-state index contributed by atoms with van der Waals surface area (Å²) in [5.41, 5.74) is 1.91. The van der Waals surface area contributed by atoms with Crippen molar-refractivity contribution < 1.29 is 14.4 Å². The second-order valence-corrected chi connectivity index (χ2v) is 6.54. The number of aromatic nitrogens is 1. The number of anilines is 1. The molecule has 124 valence electrons. The third-order valence-electron chi connectivity index (χ3n) is 3.80. The van der Waals surface area contributed by atoms with E-state index in [1.165, 1.54) is 11.3 Å². The normalized spacial score (nSPS) is 14.3. The molecule has 6 nitrogen and oxygen atoms in total. The van der Waals surface area contributed by atoms with Crippen LogP contribution < -0.4 is 5.32 Å². The first-order valence-corrected chi connectivity index (χ1v) is 8.52. The lowest BCUT2D eigenvalue weighted by Crippen LogP contribution is -2.32. The number of benzene rings is 1. The Morgan fingerprint density at radius 3 is 2.54 bits per heavy atom. The number of imide groups is 1. The van der Waals surface area contributed by atoms with E-state index in [4.69, 9.17) is 0 Å². The Kier molecular flexibility index (Phi) is 4.71. The summed E-state index contributed by atoms with van der Waals surface area (Å²) in [6.45, 7) is 2.02. The Hall–Kier alpha value is -2.54. The topological polar surface area (TPSA) is 79.4 Å². The van der Waals surface area contributed by atoms with Crippen LogP contribution in [0.5, 0.6) is 0 Å². The van der Waals surface area contributed by atoms with Crippen molar-refractivity contribution >= 4 is 34.2 Å². The molecule has 7 heteroatoms. The SMILES string of the molecule is Cc1nc(NC(=O)CCN2C(=O)CCC2=O)sc1-c1ccccc1. The highest BCUT2D eigenvalue weighted by atomic mass is 32.1. The first-order chi connectivity index (χ1) is 11.5. The second kappa shape index (κ2) is 6.92. The van der Waals surface area contributed by atoms with Gasteiger partial charge in [-0.3, -0.25) is 19.3 Å². The zero-order valence-electron chi connectivity index (χ0n) is 13.2. The van der Waals surface area contributed by atoms with Crippen LogP contribution in [0.1, 0.15) is 25.0 Å². The molecular formula is C17H17N3O3S. The molecule has 0 saturated carbocycles. The third kappa shape index (κ3) is 3.51. The van der Waals surface area contributed by atoms with Crippen LogP contribution in [-0.4, -0.2) is 34.2 Å². The molecule has 1 saturated heterocycles. The van der Waals surface area contributed by atoms with Gasteiger partial charge in [-0.15, -0.1) is 0 Å². The Morgan fingerprint density at radius 1 is 1.21 bits per heavy atom. The molecule has 0 bridgehead atoms. The lowest BCUT2D eigenvalue weighted by Gasteiger charge is -2.12. The molecule has 1 aromatic heterocycles. The van der Waals surface area contributed by atoms with Crippen LogP contribution in [0, 0.1) is 6.92 Å². The number of carbonyl (C=O) groups is 3. The molecule has 1 fully saturated rings. The van der Waals surface area contributed by atoms with E-state index in [0.29, 0.717) is 5.13 Å². The molecule has 0 radical (unpaired) electrons. The smallest absolute Gasteiger partial charge is 0.229 e. The van der Waals surface area contributed by atoms with Crippen molar-refractivity contribution in [1.82, 2.24) is 9.88 Å². The largest absolute Gasteiger partial charge is 0.302 e. The number of aryl methyl sites for hydroxylation is 1. The predicted molar refractivity (Wildman–Crippen MR) is 91.5 cm³/mol. The van der Waals surface area contributed by atoms with E-state index in [2.05, 4.69) is 10.3 Å². The predicted octanol–water partition coefficient (Wildman–Crippen LogP) is 2.60. The van der Waals surface area contributed by atoms with Crippen molar-refractivity contribution in [1.29, 1.82) is 0 Å². The fourth-order valence-electron chi connectivity index (χ4n) is 2.57. The van der Waals surface area contributed by atoms with E-state index in [1.807, 2.05) is 37.3 Å². The van der Waals surface area contributed by atoms with Crippen LogP contribution in [0.25, 0.3) is 10.4 Å².